The van der Waals surface area contributed by atoms with Crippen molar-refractivity contribution in [3.8, 4) is 11.5 Å². The summed E-state index contributed by atoms with van der Waals surface area (Å²) in [6.07, 6.45) is 8.46. The van der Waals surface area contributed by atoms with Crippen LogP contribution in [0.3, 0.4) is 0 Å². The molecule has 0 N–H and O–H groups in total. The monoisotopic (exact) mass is 561 g/mol. The summed E-state index contributed by atoms with van der Waals surface area (Å²) in [6.45, 7) is 0. The van der Waals surface area contributed by atoms with Crippen molar-refractivity contribution in [1.82, 2.24) is 13.8 Å². The van der Waals surface area contributed by atoms with Crippen LogP contribution >= 0.6 is 0 Å². The van der Waals surface area contributed by atoms with Crippen molar-refractivity contribution in [3.63, 3.8) is 0 Å². The van der Waals surface area contributed by atoms with E-state index in [0.29, 0.717) is 0 Å². The Morgan fingerprint density at radius 2 is 1.16 bits per heavy atom. The van der Waals surface area contributed by atoms with Crippen molar-refractivity contribution in [1.29, 1.82) is 0 Å². The number of benzene rings is 3. The standard InChI is InChI=1S/C38H19N5O/c1-2-8-23-22(7-1)25-9-11-30-32-34(25)42-28(23)17-20-5-3-15-40(36(20)42)38(32)33-31(44-30)12-10-26-27-19-39-14-13-24(27)29-18-21-6-4-16-41(38)37(21)43(29)35(26)33/h1-19H/q+2. The van der Waals surface area contributed by atoms with E-state index in [0.717, 1.165) is 16.9 Å². The SMILES string of the molecule is c1ccc2c(c1)c1ccc3c4c1n1c2cc2ccc[n+](c21)C41c2c(ccc4c5cnccc5c5cc6ccc[n+]1c6n5c24)O3. The van der Waals surface area contributed by atoms with Gasteiger partial charge in [0.1, 0.15) is 33.7 Å². The zero-order valence-corrected chi connectivity index (χ0v) is 23.1. The lowest BCUT2D eigenvalue weighted by Gasteiger charge is -2.39. The van der Waals surface area contributed by atoms with Gasteiger partial charge in [-0.25, -0.2) is 0 Å². The van der Waals surface area contributed by atoms with Gasteiger partial charge in [-0.3, -0.25) is 4.98 Å². The third-order valence-corrected chi connectivity index (χ3v) is 10.7. The summed E-state index contributed by atoms with van der Waals surface area (Å²) in [5, 5.41) is 9.72. The Labute approximate surface area is 247 Å². The molecule has 3 aliphatic rings. The van der Waals surface area contributed by atoms with Crippen LogP contribution in [0.25, 0.3) is 76.5 Å². The van der Waals surface area contributed by atoms with Gasteiger partial charge in [-0.2, -0.15) is 17.9 Å². The highest BCUT2D eigenvalue weighted by Gasteiger charge is 2.63. The molecule has 7 aromatic heterocycles. The second kappa shape index (κ2) is 6.33. The number of hydrogen-bond donors (Lipinski definition) is 0. The molecule has 0 saturated carbocycles. The summed E-state index contributed by atoms with van der Waals surface area (Å²) in [5.41, 5.74) is 8.80. The normalized spacial score (nSPS) is 17.4. The van der Waals surface area contributed by atoms with E-state index >= 15 is 0 Å². The van der Waals surface area contributed by atoms with E-state index in [1.165, 1.54) is 82.2 Å². The second-order valence-corrected chi connectivity index (χ2v) is 12.5. The lowest BCUT2D eigenvalue weighted by Crippen LogP contribution is -2.77. The first-order valence-electron chi connectivity index (χ1n) is 15.1. The number of fused-ring (bicyclic) bond motifs is 6. The van der Waals surface area contributed by atoms with Crippen molar-refractivity contribution >= 4 is 76.5 Å². The molecule has 1 atom stereocenters. The molecule has 10 heterocycles. The van der Waals surface area contributed by atoms with E-state index in [-0.39, 0.29) is 0 Å². The first kappa shape index (κ1) is 20.8. The maximum atomic E-state index is 6.99. The maximum Gasteiger partial charge on any atom is 0.321 e. The van der Waals surface area contributed by atoms with Crippen LogP contribution in [-0.2, 0) is 5.66 Å². The van der Waals surface area contributed by atoms with Gasteiger partial charge in [0.05, 0.1) is 23.2 Å². The fourth-order valence-corrected chi connectivity index (χ4v) is 9.26. The first-order valence-corrected chi connectivity index (χ1v) is 15.1. The molecule has 200 valence electrons. The molecule has 0 fully saturated rings. The lowest BCUT2D eigenvalue weighted by atomic mass is 9.81. The van der Waals surface area contributed by atoms with Crippen LogP contribution in [-0.4, -0.2) is 13.8 Å². The van der Waals surface area contributed by atoms with Crippen LogP contribution in [0.1, 0.15) is 11.1 Å². The average molecular weight is 562 g/mol. The minimum absolute atomic E-state index is 0.720. The Balaban J connectivity index is 1.42. The third-order valence-electron chi connectivity index (χ3n) is 10.7. The molecule has 0 radical (unpaired) electrons. The van der Waals surface area contributed by atoms with Crippen LogP contribution in [0.2, 0.25) is 0 Å². The van der Waals surface area contributed by atoms with Crippen LogP contribution < -0.4 is 13.9 Å². The van der Waals surface area contributed by atoms with Gasteiger partial charge in [-0.05, 0) is 60.0 Å². The molecule has 6 nitrogen and oxygen atoms in total. The Bertz CT molecular complexity index is 2880. The van der Waals surface area contributed by atoms with Gasteiger partial charge in [0.25, 0.3) is 11.3 Å². The molecule has 3 aliphatic heterocycles. The molecule has 10 aromatic rings. The highest BCUT2D eigenvalue weighted by atomic mass is 16.5. The van der Waals surface area contributed by atoms with Gasteiger partial charge < -0.3 is 4.74 Å². The molecule has 3 aromatic carbocycles. The molecule has 6 heteroatoms. The molecular formula is C38H19N5O+2. The lowest BCUT2D eigenvalue weighted by molar-refractivity contribution is -0.953. The summed E-state index contributed by atoms with van der Waals surface area (Å²) in [4.78, 5) is 4.59. The topological polar surface area (TPSA) is 38.7 Å². The zero-order chi connectivity index (χ0) is 28.1. The number of hydrogen-bond acceptors (Lipinski definition) is 2. The van der Waals surface area contributed by atoms with Crippen molar-refractivity contribution in [2.75, 3.05) is 0 Å². The summed E-state index contributed by atoms with van der Waals surface area (Å²) >= 11 is 0. The van der Waals surface area contributed by atoms with Gasteiger partial charge in [0.15, 0.2) is 11.0 Å². The zero-order valence-electron chi connectivity index (χ0n) is 23.1. The Hall–Kier alpha value is -6.01. The molecule has 44 heavy (non-hydrogen) atoms. The molecule has 1 spiro atoms. The molecule has 1 unspecified atom stereocenters. The largest absolute Gasteiger partial charge is 0.456 e. The van der Waals surface area contributed by atoms with Gasteiger partial charge in [-0.1, -0.05) is 24.3 Å². The van der Waals surface area contributed by atoms with Gasteiger partial charge in [-0.15, -0.1) is 0 Å². The van der Waals surface area contributed by atoms with Crippen LogP contribution in [0, 0.1) is 0 Å². The summed E-state index contributed by atoms with van der Waals surface area (Å²) in [5.74, 6) is 1.78. The molecule has 0 saturated heterocycles. The van der Waals surface area contributed by atoms with Crippen molar-refractivity contribution in [3.05, 3.63) is 127 Å². The smallest absolute Gasteiger partial charge is 0.321 e. The molecule has 0 bridgehead atoms. The van der Waals surface area contributed by atoms with Gasteiger partial charge >= 0.3 is 5.66 Å². The van der Waals surface area contributed by atoms with Crippen LogP contribution in [0.15, 0.2) is 116 Å². The Kier molecular flexibility index (Phi) is 2.99. The number of aromatic nitrogens is 5. The van der Waals surface area contributed by atoms with Crippen molar-refractivity contribution < 1.29 is 13.9 Å². The highest BCUT2D eigenvalue weighted by Crippen LogP contribution is 2.55. The van der Waals surface area contributed by atoms with Crippen molar-refractivity contribution in [2.24, 2.45) is 0 Å². The van der Waals surface area contributed by atoms with E-state index in [1.807, 2.05) is 12.4 Å². The van der Waals surface area contributed by atoms with Crippen LogP contribution in [0.4, 0.5) is 0 Å². The fraction of sp³-hybridized carbons (Fsp3) is 0.0263. The molecule has 0 amide bonds. The summed E-state index contributed by atoms with van der Waals surface area (Å²) in [7, 11) is 0. The highest BCUT2D eigenvalue weighted by molar-refractivity contribution is 6.19. The minimum atomic E-state index is -0.720. The van der Waals surface area contributed by atoms with E-state index in [9.17, 15) is 0 Å². The predicted molar refractivity (Wildman–Crippen MR) is 170 cm³/mol. The maximum absolute atomic E-state index is 6.99. The third kappa shape index (κ3) is 1.86. The van der Waals surface area contributed by atoms with E-state index in [1.54, 1.807) is 0 Å². The molecule has 0 aliphatic carbocycles. The summed E-state index contributed by atoms with van der Waals surface area (Å²) < 4.78 is 17.0. The van der Waals surface area contributed by atoms with E-state index in [4.69, 9.17) is 4.74 Å². The fourth-order valence-electron chi connectivity index (χ4n) is 9.26. The van der Waals surface area contributed by atoms with Crippen LogP contribution in [0.5, 0.6) is 11.5 Å². The summed E-state index contributed by atoms with van der Waals surface area (Å²) in [6, 6.07) is 33.4. The van der Waals surface area contributed by atoms with Gasteiger partial charge in [0.2, 0.25) is 0 Å². The number of ether oxygens (including phenoxy) is 1. The Morgan fingerprint density at radius 1 is 0.568 bits per heavy atom. The minimum Gasteiger partial charge on any atom is -0.456 e. The quantitative estimate of drug-likeness (QED) is 0.146. The number of pyridine rings is 5. The van der Waals surface area contributed by atoms with Gasteiger partial charge in [0, 0.05) is 51.5 Å². The average Bonchev–Trinajstić information content (AvgIpc) is 3.67. The second-order valence-electron chi connectivity index (χ2n) is 12.5. The van der Waals surface area contributed by atoms with Crippen molar-refractivity contribution in [2.45, 2.75) is 5.66 Å². The van der Waals surface area contributed by atoms with E-state index < -0.39 is 5.66 Å². The number of nitrogens with zero attached hydrogens (tertiary/aromatic N) is 5. The Morgan fingerprint density at radius 3 is 1.82 bits per heavy atom. The molecule has 13 rings (SSSR count). The van der Waals surface area contributed by atoms with E-state index in [2.05, 4.69) is 126 Å². The predicted octanol–water partition coefficient (Wildman–Crippen LogP) is 7.11. The molecular weight excluding hydrogens is 542 g/mol. The first-order chi connectivity index (χ1) is 21.8. The number of rotatable bonds is 0.